The molecule has 0 atom stereocenters. The van der Waals surface area contributed by atoms with Gasteiger partial charge in [0.25, 0.3) is 0 Å². The number of aromatic amines is 1. The Labute approximate surface area is 104 Å². The number of nitrogens with one attached hydrogen (secondary N) is 1. The number of H-pyrrole nitrogens is 1. The van der Waals surface area contributed by atoms with E-state index >= 15 is 0 Å². The number of aromatic nitrogens is 2. The number of hydrogen-bond donors (Lipinski definition) is 1. The molecule has 0 radical (unpaired) electrons. The molecule has 1 aromatic rings. The minimum atomic E-state index is 0. The Morgan fingerprint density at radius 1 is 1.75 bits per heavy atom. The molecule has 0 spiro atoms. The van der Waals surface area contributed by atoms with Crippen molar-refractivity contribution in [2.24, 2.45) is 0 Å². The van der Waals surface area contributed by atoms with Crippen LogP contribution in [0.3, 0.4) is 0 Å². The largest absolute Gasteiger partial charge is 1.00 e. The zero-order valence-corrected chi connectivity index (χ0v) is 9.74. The molecular weight excluding hydrogens is 187 g/mol. The molecule has 8 heavy (non-hydrogen) atoms. The van der Waals surface area contributed by atoms with E-state index in [1.807, 2.05) is 0 Å². The second kappa shape index (κ2) is 4.45. The van der Waals surface area contributed by atoms with E-state index in [2.05, 4.69) is 35.0 Å². The van der Waals surface area contributed by atoms with Crippen LogP contribution in [0.1, 0.15) is 0 Å². The molecule has 38 valence electrons. The minimum absolute atomic E-state index is 0. The molecule has 0 amide bonds. The summed E-state index contributed by atoms with van der Waals surface area (Å²) in [5, 5.41) is 6.17. The van der Waals surface area contributed by atoms with Crippen LogP contribution in [0.15, 0.2) is 4.34 Å². The summed E-state index contributed by atoms with van der Waals surface area (Å²) in [6.07, 6.45) is 0. The van der Waals surface area contributed by atoms with Crippen LogP contribution in [0.5, 0.6) is 0 Å². The maximum atomic E-state index is 4.67. The fourth-order valence-electron chi connectivity index (χ4n) is 0.216. The summed E-state index contributed by atoms with van der Waals surface area (Å²) in [7, 11) is 0. The fraction of sp³-hybridized carbons (Fsp3) is 0. The third-order valence-corrected chi connectivity index (χ3v) is 1.64. The number of nitrogens with zero attached hydrogens (tertiary/aromatic N) is 1. The van der Waals surface area contributed by atoms with Crippen LogP contribution in [0.4, 0.5) is 0 Å². The van der Waals surface area contributed by atoms with E-state index in [1.54, 1.807) is 0 Å². The van der Waals surface area contributed by atoms with Crippen molar-refractivity contribution in [3.05, 3.63) is 3.95 Å². The molecule has 1 N–H and O–H groups in total. The zero-order valence-electron chi connectivity index (χ0n) is 4.17. The first-order valence-electron chi connectivity index (χ1n) is 1.51. The van der Waals surface area contributed by atoms with E-state index < -0.39 is 0 Å². The maximum Gasteiger partial charge on any atom is 1.00 e. The monoisotopic (exact) mass is 188 g/mol. The molecule has 1 heterocycles. The molecule has 0 saturated carbocycles. The van der Waals surface area contributed by atoms with Crippen LogP contribution in [-0.4, -0.2) is 10.2 Å². The minimum Gasteiger partial charge on any atom is -0.406 e. The average molecular weight is 188 g/mol. The standard InChI is InChI=1S/C2H2N2S3.K/c5-1-3-4-2(6)7-1;/h(H,3,5)(H,4,6);/q;+1/p-1. The third kappa shape index (κ3) is 2.97. The van der Waals surface area contributed by atoms with Gasteiger partial charge in [0.2, 0.25) is 0 Å². The molecule has 1 rings (SSSR count). The molecule has 0 saturated heterocycles. The van der Waals surface area contributed by atoms with E-state index in [0.29, 0.717) is 8.29 Å². The zero-order chi connectivity index (χ0) is 5.28. The topological polar surface area (TPSA) is 28.7 Å². The Morgan fingerprint density at radius 3 is 2.50 bits per heavy atom. The van der Waals surface area contributed by atoms with E-state index in [0.717, 1.165) is 0 Å². The molecule has 1 aromatic heterocycles. The SMILES string of the molecule is S=c1[nH]nc([S-])s1.[K+]. The van der Waals surface area contributed by atoms with Gasteiger partial charge in [0.05, 0.1) is 3.95 Å². The normalized spacial score (nSPS) is 8.00. The summed E-state index contributed by atoms with van der Waals surface area (Å²) >= 11 is 10.6. The van der Waals surface area contributed by atoms with Gasteiger partial charge >= 0.3 is 51.4 Å². The Bertz CT molecular complexity index is 203. The van der Waals surface area contributed by atoms with Crippen LogP contribution >= 0.6 is 23.6 Å². The van der Waals surface area contributed by atoms with Gasteiger partial charge in [-0.15, -0.1) is 0 Å². The van der Waals surface area contributed by atoms with Crippen LogP contribution < -0.4 is 51.4 Å². The van der Waals surface area contributed by atoms with Crippen LogP contribution in [0.2, 0.25) is 0 Å². The number of hydrogen-bond acceptors (Lipinski definition) is 4. The van der Waals surface area contributed by atoms with Gasteiger partial charge in [-0.1, -0.05) is 12.2 Å². The summed E-state index contributed by atoms with van der Waals surface area (Å²) in [5.41, 5.74) is 0. The molecule has 6 heteroatoms. The Hall–Kier alpha value is 1.64. The van der Waals surface area contributed by atoms with Crippen molar-refractivity contribution < 1.29 is 51.4 Å². The predicted molar refractivity (Wildman–Crippen MR) is 32.9 cm³/mol. The van der Waals surface area contributed by atoms with Crippen LogP contribution in [-0.2, 0) is 12.6 Å². The molecule has 0 aromatic carbocycles. The fourth-order valence-corrected chi connectivity index (χ4v) is 1.29. The smallest absolute Gasteiger partial charge is 0.406 e. The van der Waals surface area contributed by atoms with Crippen LogP contribution in [0.25, 0.3) is 0 Å². The van der Waals surface area contributed by atoms with Gasteiger partial charge in [0.1, 0.15) is 0 Å². The van der Waals surface area contributed by atoms with Gasteiger partial charge in [-0.05, 0) is 4.34 Å². The summed E-state index contributed by atoms with van der Waals surface area (Å²) in [5.74, 6) is 0. The summed E-state index contributed by atoms with van der Waals surface area (Å²) in [4.78, 5) is 0. The first-order valence-corrected chi connectivity index (χ1v) is 3.15. The Morgan fingerprint density at radius 2 is 2.38 bits per heavy atom. The first kappa shape index (κ1) is 9.64. The summed E-state index contributed by atoms with van der Waals surface area (Å²) in [6.45, 7) is 0. The summed E-state index contributed by atoms with van der Waals surface area (Å²) < 4.78 is 1.22. The van der Waals surface area contributed by atoms with Gasteiger partial charge in [0, 0.05) is 0 Å². The second-order valence-corrected chi connectivity index (χ2v) is 3.19. The van der Waals surface area contributed by atoms with E-state index in [9.17, 15) is 0 Å². The molecule has 0 fully saturated rings. The molecule has 0 aliphatic rings. The molecule has 2 nitrogen and oxygen atoms in total. The maximum absolute atomic E-state index is 4.67. The number of rotatable bonds is 0. The van der Waals surface area contributed by atoms with Crippen molar-refractivity contribution in [2.45, 2.75) is 4.34 Å². The Kier molecular flexibility index (Phi) is 5.36. The van der Waals surface area contributed by atoms with Crippen molar-refractivity contribution in [3.8, 4) is 0 Å². The van der Waals surface area contributed by atoms with E-state index in [4.69, 9.17) is 0 Å². The molecule has 0 aliphatic carbocycles. The average Bonchev–Trinajstić information content (AvgIpc) is 1.87. The van der Waals surface area contributed by atoms with Crippen molar-refractivity contribution in [1.82, 2.24) is 10.2 Å². The van der Waals surface area contributed by atoms with Gasteiger partial charge < -0.3 is 24.0 Å². The van der Waals surface area contributed by atoms with Crippen molar-refractivity contribution in [2.75, 3.05) is 0 Å². The van der Waals surface area contributed by atoms with Crippen molar-refractivity contribution >= 4 is 36.2 Å². The summed E-state index contributed by atoms with van der Waals surface area (Å²) in [6, 6.07) is 0. The van der Waals surface area contributed by atoms with E-state index in [1.165, 1.54) is 11.3 Å². The Balaban J connectivity index is 0.000000490. The first-order chi connectivity index (χ1) is 3.29. The predicted octanol–water partition coefficient (Wildman–Crippen LogP) is -1.89. The van der Waals surface area contributed by atoms with Crippen molar-refractivity contribution in [3.63, 3.8) is 0 Å². The van der Waals surface area contributed by atoms with Gasteiger partial charge in [-0.3, -0.25) is 5.10 Å². The van der Waals surface area contributed by atoms with E-state index in [-0.39, 0.29) is 51.4 Å². The molecule has 0 unspecified atom stereocenters. The van der Waals surface area contributed by atoms with Gasteiger partial charge in [-0.25, -0.2) is 0 Å². The second-order valence-electron chi connectivity index (χ2n) is 0.879. The van der Waals surface area contributed by atoms with Crippen LogP contribution in [0, 0.1) is 3.95 Å². The third-order valence-electron chi connectivity index (χ3n) is 0.418. The molecular formula is C2HKN2S3. The van der Waals surface area contributed by atoms with Gasteiger partial charge in [0.15, 0.2) is 0 Å². The molecule has 0 bridgehead atoms. The van der Waals surface area contributed by atoms with Gasteiger partial charge in [-0.2, -0.15) is 5.10 Å². The quantitative estimate of drug-likeness (QED) is 0.293. The van der Waals surface area contributed by atoms with Crippen molar-refractivity contribution in [1.29, 1.82) is 0 Å². The molecule has 0 aliphatic heterocycles.